The maximum atomic E-state index is 4.45. The van der Waals surface area contributed by atoms with E-state index in [1.54, 1.807) is 0 Å². The molecule has 0 aliphatic rings. The maximum absolute atomic E-state index is 4.45. The molecule has 0 unspecified atom stereocenters. The molecule has 0 spiro atoms. The van der Waals surface area contributed by atoms with Gasteiger partial charge in [0.15, 0.2) is 0 Å². The maximum Gasteiger partial charge on any atom is 0.0410 e. The second-order valence-corrected chi connectivity index (χ2v) is 4.46. The fraction of sp³-hybridized carbons (Fsp3) is 0.400. The predicted octanol–water partition coefficient (Wildman–Crippen LogP) is 4.01. The highest BCUT2D eigenvalue weighted by molar-refractivity contribution is 5.24. The lowest BCUT2D eigenvalue weighted by Crippen LogP contribution is -1.92. The highest BCUT2D eigenvalue weighted by Crippen LogP contribution is 2.07. The van der Waals surface area contributed by atoms with Crippen molar-refractivity contribution in [1.82, 2.24) is 4.98 Å². The number of aryl methyl sites for hydroxylation is 2. The van der Waals surface area contributed by atoms with Crippen LogP contribution >= 0.6 is 0 Å². The molecule has 1 heteroatoms. The molecule has 0 aliphatic carbocycles. The zero-order chi connectivity index (χ0) is 12.0. The number of aromatic nitrogens is 1. The Labute approximate surface area is 98.9 Å². The van der Waals surface area contributed by atoms with Crippen LogP contribution in [0, 0.1) is 19.8 Å². The molecule has 86 valence electrons. The Bertz CT molecular complexity index is 386. The van der Waals surface area contributed by atoms with Crippen LogP contribution in [0.15, 0.2) is 36.4 Å². The first kappa shape index (κ1) is 12.7. The lowest BCUT2D eigenvalue weighted by atomic mass is 10.1. The standard InChI is InChI=1S/C15H21N/c1-12(2)8-6-5-7-9-15-11-10-13(3)16-14(15)4/h5-8,10-12H,9H2,1-4H3/b7-5-,8-6-. The second kappa shape index (κ2) is 6.26. The Morgan fingerprint density at radius 3 is 2.56 bits per heavy atom. The molecular formula is C15H21N. The second-order valence-electron chi connectivity index (χ2n) is 4.46. The number of rotatable bonds is 4. The Morgan fingerprint density at radius 2 is 1.94 bits per heavy atom. The van der Waals surface area contributed by atoms with Gasteiger partial charge in [0, 0.05) is 11.4 Å². The topological polar surface area (TPSA) is 12.9 Å². The molecule has 0 fully saturated rings. The minimum Gasteiger partial charge on any atom is -0.258 e. The van der Waals surface area contributed by atoms with E-state index in [1.165, 1.54) is 5.56 Å². The van der Waals surface area contributed by atoms with Gasteiger partial charge < -0.3 is 0 Å². The largest absolute Gasteiger partial charge is 0.258 e. The third-order valence-corrected chi connectivity index (χ3v) is 2.42. The van der Waals surface area contributed by atoms with Gasteiger partial charge in [-0.15, -0.1) is 0 Å². The third kappa shape index (κ3) is 4.43. The molecular weight excluding hydrogens is 194 g/mol. The zero-order valence-electron chi connectivity index (χ0n) is 10.7. The normalized spacial score (nSPS) is 12.1. The Balaban J connectivity index is 2.55. The first-order valence-electron chi connectivity index (χ1n) is 5.86. The summed E-state index contributed by atoms with van der Waals surface area (Å²) in [4.78, 5) is 4.45. The van der Waals surface area contributed by atoms with Crippen molar-refractivity contribution in [3.8, 4) is 0 Å². The van der Waals surface area contributed by atoms with Crippen LogP contribution in [0.2, 0.25) is 0 Å². The molecule has 0 atom stereocenters. The average molecular weight is 215 g/mol. The van der Waals surface area contributed by atoms with E-state index in [2.05, 4.69) is 62.2 Å². The summed E-state index contributed by atoms with van der Waals surface area (Å²) in [6, 6.07) is 4.23. The minimum atomic E-state index is 0.618. The molecule has 0 amide bonds. The number of nitrogens with zero attached hydrogens (tertiary/aromatic N) is 1. The van der Waals surface area contributed by atoms with E-state index >= 15 is 0 Å². The molecule has 0 aromatic carbocycles. The Kier molecular flexibility index (Phi) is 4.97. The van der Waals surface area contributed by atoms with E-state index in [-0.39, 0.29) is 0 Å². The monoisotopic (exact) mass is 215 g/mol. The number of pyridine rings is 1. The van der Waals surface area contributed by atoms with Crippen molar-refractivity contribution >= 4 is 0 Å². The first-order chi connectivity index (χ1) is 7.59. The highest BCUT2D eigenvalue weighted by atomic mass is 14.7. The van der Waals surface area contributed by atoms with Crippen molar-refractivity contribution in [3.05, 3.63) is 53.4 Å². The quantitative estimate of drug-likeness (QED) is 0.691. The summed E-state index contributed by atoms with van der Waals surface area (Å²) in [5.41, 5.74) is 3.53. The van der Waals surface area contributed by atoms with Gasteiger partial charge in [-0.2, -0.15) is 0 Å². The Hall–Kier alpha value is -1.37. The fourth-order valence-electron chi connectivity index (χ4n) is 1.49. The molecule has 1 heterocycles. The zero-order valence-corrected chi connectivity index (χ0v) is 10.7. The molecule has 1 aromatic rings. The SMILES string of the molecule is Cc1ccc(C/C=C\C=C/C(C)C)c(C)n1. The average Bonchev–Trinajstić information content (AvgIpc) is 2.20. The van der Waals surface area contributed by atoms with E-state index in [0.29, 0.717) is 5.92 Å². The summed E-state index contributed by atoms with van der Waals surface area (Å²) in [5.74, 6) is 0.618. The van der Waals surface area contributed by atoms with Gasteiger partial charge in [0.05, 0.1) is 0 Å². The van der Waals surface area contributed by atoms with Gasteiger partial charge in [0.1, 0.15) is 0 Å². The van der Waals surface area contributed by atoms with E-state index in [4.69, 9.17) is 0 Å². The van der Waals surface area contributed by atoms with Crippen molar-refractivity contribution < 1.29 is 0 Å². The van der Waals surface area contributed by atoms with Crippen LogP contribution in [0.1, 0.15) is 30.8 Å². The van der Waals surface area contributed by atoms with Crippen LogP contribution in [0.5, 0.6) is 0 Å². The van der Waals surface area contributed by atoms with E-state index in [1.807, 2.05) is 6.92 Å². The molecule has 1 aromatic heterocycles. The smallest absolute Gasteiger partial charge is 0.0410 e. The molecule has 0 radical (unpaired) electrons. The van der Waals surface area contributed by atoms with Crippen molar-refractivity contribution in [2.75, 3.05) is 0 Å². The first-order valence-corrected chi connectivity index (χ1v) is 5.86. The summed E-state index contributed by atoms with van der Waals surface area (Å²) in [7, 11) is 0. The van der Waals surface area contributed by atoms with E-state index in [0.717, 1.165) is 17.8 Å². The van der Waals surface area contributed by atoms with Gasteiger partial charge in [0.25, 0.3) is 0 Å². The van der Waals surface area contributed by atoms with Gasteiger partial charge in [0.2, 0.25) is 0 Å². The van der Waals surface area contributed by atoms with Crippen LogP contribution in [0.3, 0.4) is 0 Å². The fourth-order valence-corrected chi connectivity index (χ4v) is 1.49. The molecule has 1 nitrogen and oxygen atoms in total. The van der Waals surface area contributed by atoms with Gasteiger partial charge in [-0.1, -0.05) is 44.2 Å². The van der Waals surface area contributed by atoms with Crippen molar-refractivity contribution in [2.45, 2.75) is 34.1 Å². The summed E-state index contributed by atoms with van der Waals surface area (Å²) < 4.78 is 0. The van der Waals surface area contributed by atoms with Gasteiger partial charge in [-0.3, -0.25) is 4.98 Å². The summed E-state index contributed by atoms with van der Waals surface area (Å²) in [6.07, 6.45) is 9.55. The summed E-state index contributed by atoms with van der Waals surface area (Å²) in [5, 5.41) is 0. The molecule has 0 bridgehead atoms. The number of hydrogen-bond donors (Lipinski definition) is 0. The minimum absolute atomic E-state index is 0.618. The van der Waals surface area contributed by atoms with Gasteiger partial charge >= 0.3 is 0 Å². The van der Waals surface area contributed by atoms with E-state index in [9.17, 15) is 0 Å². The molecule has 0 aliphatic heterocycles. The van der Waals surface area contributed by atoms with Gasteiger partial charge in [-0.05, 0) is 37.8 Å². The third-order valence-electron chi connectivity index (χ3n) is 2.42. The van der Waals surface area contributed by atoms with Crippen molar-refractivity contribution in [2.24, 2.45) is 5.92 Å². The van der Waals surface area contributed by atoms with Crippen molar-refractivity contribution in [3.63, 3.8) is 0 Å². The van der Waals surface area contributed by atoms with Crippen LogP contribution < -0.4 is 0 Å². The number of hydrogen-bond acceptors (Lipinski definition) is 1. The molecule has 1 rings (SSSR count). The van der Waals surface area contributed by atoms with Gasteiger partial charge in [-0.25, -0.2) is 0 Å². The van der Waals surface area contributed by atoms with Crippen LogP contribution in [0.4, 0.5) is 0 Å². The predicted molar refractivity (Wildman–Crippen MR) is 70.5 cm³/mol. The van der Waals surface area contributed by atoms with Crippen LogP contribution in [-0.4, -0.2) is 4.98 Å². The highest BCUT2D eigenvalue weighted by Gasteiger charge is 1.96. The summed E-state index contributed by atoms with van der Waals surface area (Å²) >= 11 is 0. The molecule has 16 heavy (non-hydrogen) atoms. The van der Waals surface area contributed by atoms with Crippen molar-refractivity contribution in [1.29, 1.82) is 0 Å². The molecule has 0 saturated heterocycles. The molecule has 0 saturated carbocycles. The lowest BCUT2D eigenvalue weighted by Gasteiger charge is -2.02. The van der Waals surface area contributed by atoms with E-state index < -0.39 is 0 Å². The lowest BCUT2D eigenvalue weighted by molar-refractivity contribution is 0.832. The molecule has 0 N–H and O–H groups in total. The van der Waals surface area contributed by atoms with Crippen LogP contribution in [-0.2, 0) is 6.42 Å². The van der Waals surface area contributed by atoms with Crippen LogP contribution in [0.25, 0.3) is 0 Å². The number of allylic oxidation sites excluding steroid dienone is 4. The Morgan fingerprint density at radius 1 is 1.19 bits per heavy atom. The summed E-state index contributed by atoms with van der Waals surface area (Å²) in [6.45, 7) is 8.45.